The highest BCUT2D eigenvalue weighted by Crippen LogP contribution is 2.27. The van der Waals surface area contributed by atoms with Crippen molar-refractivity contribution in [2.45, 2.75) is 30.3 Å². The number of amides is 1. The van der Waals surface area contributed by atoms with Crippen molar-refractivity contribution in [3.8, 4) is 0 Å². The largest absolute Gasteiger partial charge is 0.452 e. The van der Waals surface area contributed by atoms with E-state index in [2.05, 4.69) is 5.32 Å². The summed E-state index contributed by atoms with van der Waals surface area (Å²) in [6.45, 7) is 1.04. The molecule has 2 aromatic carbocycles. The Balaban J connectivity index is 1.43. The number of benzene rings is 2. The van der Waals surface area contributed by atoms with Gasteiger partial charge in [0.15, 0.2) is 6.61 Å². The monoisotopic (exact) mass is 399 g/mol. The Hall–Kier alpha value is -2.31. The van der Waals surface area contributed by atoms with Crippen LogP contribution >= 0.6 is 11.8 Å². The summed E-state index contributed by atoms with van der Waals surface area (Å²) in [4.78, 5) is 25.2. The SMILES string of the molecule is O=C(COC(=O)c1ccccc1SC[C@H]1CCCO1)NCCc1ccccc1. The molecule has 148 valence electrons. The maximum absolute atomic E-state index is 12.4. The Labute approximate surface area is 169 Å². The molecule has 1 heterocycles. The molecule has 5 nitrogen and oxygen atoms in total. The predicted molar refractivity (Wildman–Crippen MR) is 110 cm³/mol. The first kappa shape index (κ1) is 20.4. The fourth-order valence-corrected chi connectivity index (χ4v) is 4.08. The van der Waals surface area contributed by atoms with Gasteiger partial charge in [0.25, 0.3) is 5.91 Å². The molecule has 28 heavy (non-hydrogen) atoms. The second kappa shape index (κ2) is 10.9. The molecule has 0 saturated carbocycles. The van der Waals surface area contributed by atoms with Gasteiger partial charge in [0.1, 0.15) is 0 Å². The predicted octanol–water partition coefficient (Wildman–Crippen LogP) is 3.47. The van der Waals surface area contributed by atoms with E-state index in [9.17, 15) is 9.59 Å². The summed E-state index contributed by atoms with van der Waals surface area (Å²) in [7, 11) is 0. The maximum Gasteiger partial charge on any atom is 0.339 e. The number of ether oxygens (including phenoxy) is 2. The zero-order valence-corrected chi connectivity index (χ0v) is 16.6. The van der Waals surface area contributed by atoms with Crippen LogP contribution in [0.15, 0.2) is 59.5 Å². The number of nitrogens with one attached hydrogen (secondary N) is 1. The number of esters is 1. The normalized spacial score (nSPS) is 15.9. The van der Waals surface area contributed by atoms with Crippen molar-refractivity contribution in [3.05, 3.63) is 65.7 Å². The van der Waals surface area contributed by atoms with Gasteiger partial charge in [0, 0.05) is 23.8 Å². The van der Waals surface area contributed by atoms with Gasteiger partial charge in [0.2, 0.25) is 0 Å². The first-order valence-corrected chi connectivity index (χ1v) is 10.5. The van der Waals surface area contributed by atoms with Gasteiger partial charge in [-0.3, -0.25) is 4.79 Å². The Kier molecular flexibility index (Phi) is 7.94. The highest BCUT2D eigenvalue weighted by atomic mass is 32.2. The summed E-state index contributed by atoms with van der Waals surface area (Å²) in [6, 6.07) is 17.2. The average Bonchev–Trinajstić information content (AvgIpc) is 3.25. The Morgan fingerprint density at radius 1 is 1.11 bits per heavy atom. The molecule has 1 N–H and O–H groups in total. The van der Waals surface area contributed by atoms with Crippen molar-refractivity contribution in [1.82, 2.24) is 5.32 Å². The van der Waals surface area contributed by atoms with Crippen LogP contribution in [-0.4, -0.2) is 43.5 Å². The third-order valence-electron chi connectivity index (χ3n) is 4.47. The fourth-order valence-electron chi connectivity index (χ4n) is 2.97. The van der Waals surface area contributed by atoms with Crippen LogP contribution in [0.1, 0.15) is 28.8 Å². The van der Waals surface area contributed by atoms with Gasteiger partial charge in [-0.15, -0.1) is 11.8 Å². The molecular weight excluding hydrogens is 374 g/mol. The van der Waals surface area contributed by atoms with Crippen LogP contribution in [0.5, 0.6) is 0 Å². The minimum absolute atomic E-state index is 0.240. The highest BCUT2D eigenvalue weighted by Gasteiger charge is 2.19. The zero-order valence-electron chi connectivity index (χ0n) is 15.8. The van der Waals surface area contributed by atoms with E-state index >= 15 is 0 Å². The van der Waals surface area contributed by atoms with Gasteiger partial charge in [-0.2, -0.15) is 0 Å². The second-order valence-electron chi connectivity index (χ2n) is 6.60. The lowest BCUT2D eigenvalue weighted by Crippen LogP contribution is -2.30. The first-order valence-electron chi connectivity index (χ1n) is 9.53. The minimum atomic E-state index is -0.478. The topological polar surface area (TPSA) is 64.6 Å². The molecule has 2 aromatic rings. The van der Waals surface area contributed by atoms with Crippen LogP contribution in [0.3, 0.4) is 0 Å². The lowest BCUT2D eigenvalue weighted by molar-refractivity contribution is -0.124. The van der Waals surface area contributed by atoms with Crippen molar-refractivity contribution in [2.75, 3.05) is 25.5 Å². The quantitative estimate of drug-likeness (QED) is 0.517. The smallest absolute Gasteiger partial charge is 0.339 e. The summed E-state index contributed by atoms with van der Waals surface area (Å²) in [5.41, 5.74) is 1.64. The zero-order chi connectivity index (χ0) is 19.6. The molecule has 0 unspecified atom stereocenters. The number of carbonyl (C=O) groups excluding carboxylic acids is 2. The van der Waals surface area contributed by atoms with Crippen molar-refractivity contribution in [1.29, 1.82) is 0 Å². The molecule has 1 saturated heterocycles. The lowest BCUT2D eigenvalue weighted by atomic mass is 10.1. The van der Waals surface area contributed by atoms with Crippen molar-refractivity contribution < 1.29 is 19.1 Å². The van der Waals surface area contributed by atoms with Crippen molar-refractivity contribution >= 4 is 23.6 Å². The number of thioether (sulfide) groups is 1. The summed E-state index contributed by atoms with van der Waals surface area (Å²) in [5.74, 6) is 0.0343. The minimum Gasteiger partial charge on any atom is -0.452 e. The van der Waals surface area contributed by atoms with Gasteiger partial charge in [-0.1, -0.05) is 42.5 Å². The van der Waals surface area contributed by atoms with Gasteiger partial charge in [0.05, 0.1) is 11.7 Å². The number of hydrogen-bond acceptors (Lipinski definition) is 5. The molecule has 0 aromatic heterocycles. The standard InChI is InChI=1S/C22H25NO4S/c24-21(23-13-12-17-7-2-1-3-8-17)15-27-22(25)19-10-4-5-11-20(19)28-16-18-9-6-14-26-18/h1-5,7-8,10-11,18H,6,9,12-16H2,(H,23,24)/t18-/m1/s1. The third-order valence-corrected chi connectivity index (χ3v) is 5.67. The fraction of sp³-hybridized carbons (Fsp3) is 0.364. The van der Waals surface area contributed by atoms with Gasteiger partial charge >= 0.3 is 5.97 Å². The summed E-state index contributed by atoms with van der Waals surface area (Å²) >= 11 is 1.59. The van der Waals surface area contributed by atoms with E-state index in [4.69, 9.17) is 9.47 Å². The third kappa shape index (κ3) is 6.39. The molecule has 1 aliphatic rings. The summed E-state index contributed by atoms with van der Waals surface area (Å²) < 4.78 is 10.8. The van der Waals surface area contributed by atoms with Gasteiger partial charge < -0.3 is 14.8 Å². The number of rotatable bonds is 9. The Bertz CT molecular complexity index is 775. The molecule has 1 fully saturated rings. The molecule has 0 spiro atoms. The summed E-state index contributed by atoms with van der Waals surface area (Å²) in [5, 5.41) is 2.78. The highest BCUT2D eigenvalue weighted by molar-refractivity contribution is 7.99. The van der Waals surface area contributed by atoms with Crippen LogP contribution in [0.4, 0.5) is 0 Å². The van der Waals surface area contributed by atoms with E-state index in [-0.39, 0.29) is 18.6 Å². The molecule has 6 heteroatoms. The molecule has 1 amide bonds. The number of hydrogen-bond donors (Lipinski definition) is 1. The molecule has 3 rings (SSSR count). The summed E-state index contributed by atoms with van der Waals surface area (Å²) in [6.07, 6.45) is 3.13. The molecular formula is C22H25NO4S. The van der Waals surface area contributed by atoms with E-state index in [1.54, 1.807) is 23.9 Å². The Morgan fingerprint density at radius 2 is 1.89 bits per heavy atom. The van der Waals surface area contributed by atoms with E-state index in [0.29, 0.717) is 12.1 Å². The van der Waals surface area contributed by atoms with Crippen LogP contribution in [0, 0.1) is 0 Å². The van der Waals surface area contributed by atoms with Crippen LogP contribution in [-0.2, 0) is 20.7 Å². The van der Waals surface area contributed by atoms with E-state index in [1.165, 1.54) is 0 Å². The van der Waals surface area contributed by atoms with Crippen molar-refractivity contribution in [2.24, 2.45) is 0 Å². The average molecular weight is 400 g/mol. The maximum atomic E-state index is 12.4. The van der Waals surface area contributed by atoms with Gasteiger partial charge in [-0.05, 0) is 37.0 Å². The molecule has 1 atom stereocenters. The number of carbonyl (C=O) groups is 2. The second-order valence-corrected chi connectivity index (χ2v) is 7.67. The van der Waals surface area contributed by atoms with Crippen molar-refractivity contribution in [3.63, 3.8) is 0 Å². The van der Waals surface area contributed by atoms with E-state index in [0.717, 1.165) is 42.1 Å². The van der Waals surface area contributed by atoms with Gasteiger partial charge in [-0.25, -0.2) is 4.79 Å². The molecule has 0 aliphatic carbocycles. The molecule has 1 aliphatic heterocycles. The van der Waals surface area contributed by atoms with Crippen LogP contribution in [0.25, 0.3) is 0 Å². The lowest BCUT2D eigenvalue weighted by Gasteiger charge is -2.12. The molecule has 0 bridgehead atoms. The van der Waals surface area contributed by atoms with E-state index in [1.807, 2.05) is 42.5 Å². The van der Waals surface area contributed by atoms with Crippen LogP contribution < -0.4 is 5.32 Å². The molecule has 0 radical (unpaired) electrons. The first-order chi connectivity index (χ1) is 13.7. The van der Waals surface area contributed by atoms with Crippen LogP contribution in [0.2, 0.25) is 0 Å². The Morgan fingerprint density at radius 3 is 2.68 bits per heavy atom. The van der Waals surface area contributed by atoms with E-state index < -0.39 is 5.97 Å².